The van der Waals surface area contributed by atoms with Crippen LogP contribution in [0.3, 0.4) is 0 Å². The molecule has 1 aromatic rings. The van der Waals surface area contributed by atoms with Gasteiger partial charge in [-0.25, -0.2) is 8.42 Å². The van der Waals surface area contributed by atoms with E-state index < -0.39 is 27.9 Å². The van der Waals surface area contributed by atoms with E-state index in [2.05, 4.69) is 5.32 Å². The monoisotopic (exact) mass is 296 g/mol. The van der Waals surface area contributed by atoms with Crippen LogP contribution < -0.4 is 5.32 Å². The topological polar surface area (TPSA) is 83.6 Å². The first kappa shape index (κ1) is 14.7. The van der Waals surface area contributed by atoms with Crippen molar-refractivity contribution in [1.29, 1.82) is 0 Å². The predicted molar refractivity (Wildman–Crippen MR) is 72.3 cm³/mol. The van der Waals surface area contributed by atoms with E-state index in [9.17, 15) is 18.0 Å². The Morgan fingerprint density at radius 2 is 2.05 bits per heavy atom. The van der Waals surface area contributed by atoms with Gasteiger partial charge in [0.2, 0.25) is 21.8 Å². The number of piperazine rings is 1. The standard InChI is InChI=1S/C13H16N2O4S/c1-3-11-13(17)14-12(16)8-15(11)20(18,19)10-6-4-5-9(2)7-10/h4-7,11H,3,8H2,1-2H3,(H,14,16,17). The third-order valence-electron chi connectivity index (χ3n) is 3.20. The Morgan fingerprint density at radius 3 is 2.65 bits per heavy atom. The highest BCUT2D eigenvalue weighted by atomic mass is 32.2. The maximum Gasteiger partial charge on any atom is 0.245 e. The Bertz CT molecular complexity index is 654. The first-order chi connectivity index (χ1) is 9.36. The van der Waals surface area contributed by atoms with E-state index in [0.717, 1.165) is 9.87 Å². The van der Waals surface area contributed by atoms with Crippen LogP contribution in [0.1, 0.15) is 18.9 Å². The van der Waals surface area contributed by atoms with Crippen LogP contribution in [-0.2, 0) is 19.6 Å². The molecule has 1 saturated heterocycles. The molecule has 108 valence electrons. The number of amides is 2. The van der Waals surface area contributed by atoms with Gasteiger partial charge in [0.25, 0.3) is 0 Å². The fourth-order valence-corrected chi connectivity index (χ4v) is 3.92. The van der Waals surface area contributed by atoms with E-state index in [1.807, 2.05) is 0 Å². The smallest absolute Gasteiger partial charge is 0.245 e. The lowest BCUT2D eigenvalue weighted by atomic mass is 10.2. The molecule has 0 saturated carbocycles. The van der Waals surface area contributed by atoms with Crippen molar-refractivity contribution in [2.45, 2.75) is 31.2 Å². The second-order valence-electron chi connectivity index (χ2n) is 4.70. The number of imide groups is 1. The number of carbonyl (C=O) groups excluding carboxylic acids is 2. The van der Waals surface area contributed by atoms with Gasteiger partial charge in [-0.05, 0) is 31.0 Å². The summed E-state index contributed by atoms with van der Waals surface area (Å²) in [7, 11) is -3.86. The molecular weight excluding hydrogens is 280 g/mol. The van der Waals surface area contributed by atoms with Gasteiger partial charge in [0, 0.05) is 0 Å². The molecule has 1 aliphatic rings. The maximum atomic E-state index is 12.6. The molecule has 0 spiro atoms. The van der Waals surface area contributed by atoms with Crippen LogP contribution in [0.15, 0.2) is 29.2 Å². The van der Waals surface area contributed by atoms with Gasteiger partial charge in [-0.2, -0.15) is 4.31 Å². The predicted octanol–water partition coefficient (Wildman–Crippen LogP) is 0.421. The molecule has 1 fully saturated rings. The fraction of sp³-hybridized carbons (Fsp3) is 0.385. The number of rotatable bonds is 3. The zero-order valence-electron chi connectivity index (χ0n) is 11.3. The molecule has 0 aliphatic carbocycles. The molecule has 0 bridgehead atoms. The Hall–Kier alpha value is -1.73. The highest BCUT2D eigenvalue weighted by molar-refractivity contribution is 7.89. The lowest BCUT2D eigenvalue weighted by molar-refractivity contribution is -0.137. The summed E-state index contributed by atoms with van der Waals surface area (Å²) in [6.45, 7) is 3.16. The van der Waals surface area contributed by atoms with Crippen LogP contribution in [0.5, 0.6) is 0 Å². The number of nitrogens with one attached hydrogen (secondary N) is 1. The summed E-state index contributed by atoms with van der Waals surface area (Å²) in [5.74, 6) is -1.17. The average Bonchev–Trinajstić information content (AvgIpc) is 2.38. The van der Waals surface area contributed by atoms with Gasteiger partial charge in [-0.3, -0.25) is 14.9 Å². The van der Waals surface area contributed by atoms with Crippen LogP contribution in [0.4, 0.5) is 0 Å². The third-order valence-corrected chi connectivity index (χ3v) is 5.05. The highest BCUT2D eigenvalue weighted by Gasteiger charge is 2.40. The minimum atomic E-state index is -3.86. The van der Waals surface area contributed by atoms with E-state index in [4.69, 9.17) is 0 Å². The van der Waals surface area contributed by atoms with Gasteiger partial charge in [-0.1, -0.05) is 19.1 Å². The molecule has 1 atom stereocenters. The van der Waals surface area contributed by atoms with Crippen molar-refractivity contribution in [3.63, 3.8) is 0 Å². The number of benzene rings is 1. The summed E-state index contributed by atoms with van der Waals surface area (Å²) < 4.78 is 26.2. The lowest BCUT2D eigenvalue weighted by Crippen LogP contribution is -2.59. The zero-order chi connectivity index (χ0) is 14.9. The number of carbonyl (C=O) groups is 2. The maximum absolute atomic E-state index is 12.6. The third kappa shape index (κ3) is 2.59. The van der Waals surface area contributed by atoms with Crippen molar-refractivity contribution >= 4 is 21.8 Å². The first-order valence-corrected chi connectivity index (χ1v) is 7.72. The zero-order valence-corrected chi connectivity index (χ0v) is 12.1. The summed E-state index contributed by atoms with van der Waals surface area (Å²) >= 11 is 0. The van der Waals surface area contributed by atoms with Crippen molar-refractivity contribution in [1.82, 2.24) is 9.62 Å². The molecule has 20 heavy (non-hydrogen) atoms. The van der Waals surface area contributed by atoms with Gasteiger partial charge < -0.3 is 0 Å². The molecule has 1 heterocycles. The lowest BCUT2D eigenvalue weighted by Gasteiger charge is -2.32. The summed E-state index contributed by atoms with van der Waals surface area (Å²) in [5.41, 5.74) is 0.798. The summed E-state index contributed by atoms with van der Waals surface area (Å²) in [6.07, 6.45) is 0.310. The van der Waals surface area contributed by atoms with E-state index in [0.29, 0.717) is 6.42 Å². The minimum absolute atomic E-state index is 0.0958. The van der Waals surface area contributed by atoms with Crippen LogP contribution >= 0.6 is 0 Å². The number of sulfonamides is 1. The number of aryl methyl sites for hydroxylation is 1. The van der Waals surface area contributed by atoms with Crippen LogP contribution in [-0.4, -0.2) is 37.1 Å². The van der Waals surface area contributed by atoms with Gasteiger partial charge in [0.05, 0.1) is 11.4 Å². The molecule has 1 aliphatic heterocycles. The van der Waals surface area contributed by atoms with Gasteiger partial charge in [0.15, 0.2) is 0 Å². The quantitative estimate of drug-likeness (QED) is 0.819. The normalized spacial score (nSPS) is 20.8. The van der Waals surface area contributed by atoms with Crippen LogP contribution in [0.25, 0.3) is 0 Å². The highest BCUT2D eigenvalue weighted by Crippen LogP contribution is 2.22. The fourth-order valence-electron chi connectivity index (χ4n) is 2.20. The van der Waals surface area contributed by atoms with E-state index in [-0.39, 0.29) is 11.4 Å². The Labute approximate surface area is 117 Å². The second-order valence-corrected chi connectivity index (χ2v) is 6.59. The SMILES string of the molecule is CCC1C(=O)NC(=O)CN1S(=O)(=O)c1cccc(C)c1. The van der Waals surface area contributed by atoms with E-state index in [1.54, 1.807) is 26.0 Å². The van der Waals surface area contributed by atoms with E-state index in [1.165, 1.54) is 12.1 Å². The largest absolute Gasteiger partial charge is 0.294 e. The van der Waals surface area contributed by atoms with Crippen molar-refractivity contribution in [3.8, 4) is 0 Å². The molecule has 1 N–H and O–H groups in total. The number of hydrogen-bond acceptors (Lipinski definition) is 4. The van der Waals surface area contributed by atoms with Crippen molar-refractivity contribution in [2.75, 3.05) is 6.54 Å². The number of hydrogen-bond donors (Lipinski definition) is 1. The summed E-state index contributed by atoms with van der Waals surface area (Å²) in [5, 5.41) is 2.16. The van der Waals surface area contributed by atoms with Crippen LogP contribution in [0.2, 0.25) is 0 Å². The molecule has 0 radical (unpaired) electrons. The Balaban J connectivity index is 2.46. The molecule has 1 unspecified atom stereocenters. The van der Waals surface area contributed by atoms with Crippen molar-refractivity contribution in [2.24, 2.45) is 0 Å². The summed E-state index contributed by atoms with van der Waals surface area (Å²) in [4.78, 5) is 23.3. The van der Waals surface area contributed by atoms with Gasteiger partial charge in [0.1, 0.15) is 6.04 Å². The average molecular weight is 296 g/mol. The Morgan fingerprint density at radius 1 is 1.35 bits per heavy atom. The molecule has 2 amide bonds. The number of nitrogens with zero attached hydrogens (tertiary/aromatic N) is 1. The van der Waals surface area contributed by atoms with Crippen molar-refractivity contribution < 1.29 is 18.0 Å². The minimum Gasteiger partial charge on any atom is -0.294 e. The molecule has 6 nitrogen and oxygen atoms in total. The Kier molecular flexibility index (Phi) is 3.92. The van der Waals surface area contributed by atoms with Gasteiger partial charge in [-0.15, -0.1) is 0 Å². The second kappa shape index (κ2) is 5.34. The van der Waals surface area contributed by atoms with Crippen molar-refractivity contribution in [3.05, 3.63) is 29.8 Å². The molecule has 1 aromatic carbocycles. The molecule has 7 heteroatoms. The molecule has 2 rings (SSSR count). The molecular formula is C13H16N2O4S. The van der Waals surface area contributed by atoms with E-state index >= 15 is 0 Å². The van der Waals surface area contributed by atoms with Gasteiger partial charge >= 0.3 is 0 Å². The van der Waals surface area contributed by atoms with Crippen LogP contribution in [0, 0.1) is 6.92 Å². The summed E-state index contributed by atoms with van der Waals surface area (Å²) in [6, 6.07) is 5.56. The molecule has 0 aromatic heterocycles. The first-order valence-electron chi connectivity index (χ1n) is 6.28.